The van der Waals surface area contributed by atoms with Gasteiger partial charge in [0.2, 0.25) is 5.91 Å². The summed E-state index contributed by atoms with van der Waals surface area (Å²) in [5.74, 6) is -8.77. The minimum atomic E-state index is -5.41. The Bertz CT molecular complexity index is 1920. The Labute approximate surface area is 366 Å². The fourth-order valence-electron chi connectivity index (χ4n) is 8.44. The Balaban J connectivity index is 1.57. The average molecular weight is 942 g/mol. The molecule has 3 heterocycles. The van der Waals surface area contributed by atoms with Crippen LogP contribution in [0.5, 0.6) is 0 Å². The van der Waals surface area contributed by atoms with Crippen molar-refractivity contribution in [3.05, 3.63) is 32.6 Å². The summed E-state index contributed by atoms with van der Waals surface area (Å²) >= 11 is 0. The maximum absolute atomic E-state index is 13.6. The van der Waals surface area contributed by atoms with Crippen LogP contribution in [0.1, 0.15) is 68.8 Å². The summed E-state index contributed by atoms with van der Waals surface area (Å²) < 4.78 is 74.2. The summed E-state index contributed by atoms with van der Waals surface area (Å²) in [4.78, 5) is 92.6. The van der Waals surface area contributed by atoms with Crippen LogP contribution in [-0.2, 0) is 47.6 Å². The standard InChI is InChI=1S/C38H54F3N5O19/c1-14-25(50)27(52)28(53)35(61-14)65-29-17(43-31(54)18-11-22(48)46-37(59)44-18)9-16(33(57)60-2)10-19(29)63-34-24(45-23(49)12-42-36(58)38(39,40)41)30(26(51)21(13-47)64-34)62-20(32(55)56)8-15-6-4-3-5-7-15/h11,14-17,19-21,24-30,34-35,47,50-53H,3-10,12-13H2,1-2H3,(H,42,58)(H,43,54)(H,45,49)(H,55,56)(H2,44,46,48,59)/t14?,16?,17?,19-,20+,21?,24?,25-,26+,27?,28?,29?,30?,34-,35+/m1/s1. The van der Waals surface area contributed by atoms with Gasteiger partial charge in [-0.3, -0.25) is 29.0 Å². The van der Waals surface area contributed by atoms with Crippen molar-refractivity contribution in [1.82, 2.24) is 25.9 Å². The number of nitrogens with one attached hydrogen (secondary N) is 5. The van der Waals surface area contributed by atoms with Gasteiger partial charge in [-0.1, -0.05) is 32.1 Å². The number of amides is 3. The molecule has 0 bridgehead atoms. The minimum absolute atomic E-state index is 0.0843. The zero-order valence-electron chi connectivity index (χ0n) is 35.0. The third kappa shape index (κ3) is 13.1. The van der Waals surface area contributed by atoms with E-state index in [1.165, 1.54) is 12.2 Å². The second kappa shape index (κ2) is 22.3. The molecule has 2 saturated carbocycles. The van der Waals surface area contributed by atoms with E-state index in [9.17, 15) is 77.4 Å². The van der Waals surface area contributed by atoms with Gasteiger partial charge in [-0.25, -0.2) is 9.59 Å². The number of halogens is 3. The number of aliphatic hydroxyl groups excluding tert-OH is 5. The number of aromatic nitrogens is 2. The van der Waals surface area contributed by atoms with Gasteiger partial charge in [0.15, 0.2) is 18.7 Å². The molecule has 5 rings (SSSR count). The maximum Gasteiger partial charge on any atom is 0.471 e. The second-order valence-corrected chi connectivity index (χ2v) is 16.4. The molecule has 366 valence electrons. The number of H-pyrrole nitrogens is 2. The Morgan fingerprint density at radius 1 is 0.892 bits per heavy atom. The van der Waals surface area contributed by atoms with E-state index in [0.717, 1.165) is 32.4 Å². The normalized spacial score (nSPS) is 33.9. The van der Waals surface area contributed by atoms with Gasteiger partial charge in [-0.05, 0) is 32.1 Å². The summed E-state index contributed by atoms with van der Waals surface area (Å²) in [5, 5.41) is 70.3. The fraction of sp³-hybridized carbons (Fsp3) is 0.763. The lowest BCUT2D eigenvalue weighted by Gasteiger charge is -2.49. The van der Waals surface area contributed by atoms with Gasteiger partial charge in [-0.15, -0.1) is 0 Å². The van der Waals surface area contributed by atoms with Crippen molar-refractivity contribution in [2.75, 3.05) is 20.3 Å². The molecule has 27 heteroatoms. The monoisotopic (exact) mass is 941 g/mol. The molecule has 15 atom stereocenters. The van der Waals surface area contributed by atoms with E-state index in [1.54, 1.807) is 0 Å². The van der Waals surface area contributed by atoms with Crippen molar-refractivity contribution < 1.29 is 96.2 Å². The number of methoxy groups -OCH3 is 1. The first-order chi connectivity index (χ1) is 30.6. The number of alkyl halides is 3. The van der Waals surface area contributed by atoms with E-state index in [-0.39, 0.29) is 18.8 Å². The molecule has 2 aliphatic carbocycles. The first kappa shape index (κ1) is 51.4. The van der Waals surface area contributed by atoms with Crippen molar-refractivity contribution in [1.29, 1.82) is 0 Å². The van der Waals surface area contributed by atoms with Gasteiger partial charge in [0.05, 0.1) is 44.4 Å². The van der Waals surface area contributed by atoms with Crippen LogP contribution in [0.3, 0.4) is 0 Å². The molecule has 9 unspecified atom stereocenters. The number of rotatable bonds is 16. The second-order valence-electron chi connectivity index (χ2n) is 16.4. The number of carbonyl (C=O) groups is 5. The Hall–Kier alpha value is -4.58. The van der Waals surface area contributed by atoms with Crippen LogP contribution in [0.2, 0.25) is 0 Å². The average Bonchev–Trinajstić information content (AvgIpc) is 3.25. The van der Waals surface area contributed by atoms with Crippen LogP contribution in [0.4, 0.5) is 13.2 Å². The molecular weight excluding hydrogens is 887 g/mol. The SMILES string of the molecule is COC(=O)C1CC(NC(=O)c2cc(=O)[nH]c(=O)[nH]2)C(O[C@@H]2OC(C)[C@@H](O)C(O)C2O)[C@H](O[C@@H]2OC(CO)[C@H](O)C(O[C@@H](CC3CCCCC3)C(=O)O)C2NC(=O)CNC(=O)C(F)(F)F)C1. The predicted molar refractivity (Wildman–Crippen MR) is 206 cm³/mol. The highest BCUT2D eigenvalue weighted by Gasteiger charge is 2.54. The number of carboxylic acids is 1. The van der Waals surface area contributed by atoms with Crippen LogP contribution >= 0.6 is 0 Å². The Morgan fingerprint density at radius 2 is 1.58 bits per heavy atom. The summed E-state index contributed by atoms with van der Waals surface area (Å²) in [6, 6.07) is -2.66. The molecule has 0 aromatic carbocycles. The van der Waals surface area contributed by atoms with Gasteiger partial charge in [0, 0.05) is 6.07 Å². The van der Waals surface area contributed by atoms with E-state index in [4.69, 9.17) is 28.4 Å². The Morgan fingerprint density at radius 3 is 2.20 bits per heavy atom. The van der Waals surface area contributed by atoms with E-state index >= 15 is 0 Å². The minimum Gasteiger partial charge on any atom is -0.479 e. The maximum atomic E-state index is 13.6. The number of carboxylic acid groups (broad SMARTS) is 1. The Kier molecular flexibility index (Phi) is 17.6. The molecular formula is C38H54F3N5O19. The zero-order chi connectivity index (χ0) is 47.9. The van der Waals surface area contributed by atoms with Gasteiger partial charge in [-0.2, -0.15) is 13.2 Å². The van der Waals surface area contributed by atoms with E-state index in [0.29, 0.717) is 12.8 Å². The van der Waals surface area contributed by atoms with Crippen molar-refractivity contribution in [2.45, 2.75) is 150 Å². The van der Waals surface area contributed by atoms with Crippen LogP contribution < -0.4 is 27.2 Å². The molecule has 2 aliphatic heterocycles. The molecule has 4 aliphatic rings. The molecule has 2 saturated heterocycles. The largest absolute Gasteiger partial charge is 0.479 e. The zero-order valence-corrected chi connectivity index (χ0v) is 35.0. The first-order valence-electron chi connectivity index (χ1n) is 20.8. The topological polar surface area (TPSA) is 364 Å². The lowest BCUT2D eigenvalue weighted by Crippen LogP contribution is -2.68. The number of aromatic amines is 2. The summed E-state index contributed by atoms with van der Waals surface area (Å²) in [5.41, 5.74) is -2.63. The summed E-state index contributed by atoms with van der Waals surface area (Å²) in [6.07, 6.45) is -23.7. The molecule has 3 amide bonds. The van der Waals surface area contributed by atoms with Crippen molar-refractivity contribution in [3.8, 4) is 0 Å². The van der Waals surface area contributed by atoms with E-state index in [2.05, 4.69) is 15.6 Å². The van der Waals surface area contributed by atoms with Crippen LogP contribution in [0.25, 0.3) is 0 Å². The highest BCUT2D eigenvalue weighted by atomic mass is 19.4. The summed E-state index contributed by atoms with van der Waals surface area (Å²) in [6.45, 7) is -1.02. The molecule has 0 spiro atoms. The number of hydrogen-bond donors (Lipinski definition) is 11. The highest BCUT2D eigenvalue weighted by Crippen LogP contribution is 2.37. The van der Waals surface area contributed by atoms with Crippen molar-refractivity contribution >= 4 is 29.7 Å². The van der Waals surface area contributed by atoms with Gasteiger partial charge < -0.3 is 80.0 Å². The predicted octanol–water partition coefficient (Wildman–Crippen LogP) is -3.61. The van der Waals surface area contributed by atoms with Crippen LogP contribution in [-0.4, -0.2) is 182 Å². The molecule has 4 fully saturated rings. The third-order valence-electron chi connectivity index (χ3n) is 11.8. The van der Waals surface area contributed by atoms with Gasteiger partial charge in [0.25, 0.3) is 11.5 Å². The number of ether oxygens (including phenoxy) is 6. The molecule has 11 N–H and O–H groups in total. The molecule has 1 aromatic rings. The lowest BCUT2D eigenvalue weighted by atomic mass is 9.81. The lowest BCUT2D eigenvalue weighted by molar-refractivity contribution is -0.335. The molecule has 65 heavy (non-hydrogen) atoms. The first-order valence-corrected chi connectivity index (χ1v) is 20.8. The quantitative estimate of drug-likeness (QED) is 0.0713. The highest BCUT2D eigenvalue weighted by molar-refractivity contribution is 5.92. The molecule has 1 aromatic heterocycles. The van der Waals surface area contributed by atoms with E-state index < -0.39 is 164 Å². The number of esters is 1. The van der Waals surface area contributed by atoms with Crippen molar-refractivity contribution in [2.24, 2.45) is 11.8 Å². The summed E-state index contributed by atoms with van der Waals surface area (Å²) in [7, 11) is 1.03. The molecule has 0 radical (unpaired) electrons. The number of carbonyl (C=O) groups excluding carboxylic acids is 4. The van der Waals surface area contributed by atoms with Crippen molar-refractivity contribution in [3.63, 3.8) is 0 Å². The van der Waals surface area contributed by atoms with Crippen LogP contribution in [0, 0.1) is 11.8 Å². The number of aliphatic carboxylic acids is 1. The molecule has 24 nitrogen and oxygen atoms in total. The smallest absolute Gasteiger partial charge is 0.471 e. The van der Waals surface area contributed by atoms with Gasteiger partial charge in [0.1, 0.15) is 54.5 Å². The third-order valence-corrected chi connectivity index (χ3v) is 11.8. The van der Waals surface area contributed by atoms with Gasteiger partial charge >= 0.3 is 29.7 Å². The number of hydrogen-bond acceptors (Lipinski definition) is 18. The van der Waals surface area contributed by atoms with E-state index in [1.807, 2.05) is 4.98 Å². The fourth-order valence-corrected chi connectivity index (χ4v) is 8.44. The van der Waals surface area contributed by atoms with Crippen LogP contribution in [0.15, 0.2) is 15.7 Å². The number of aliphatic hydroxyl groups is 5.